The summed E-state index contributed by atoms with van der Waals surface area (Å²) in [6, 6.07) is 8.24. The molecule has 0 saturated heterocycles. The van der Waals surface area contributed by atoms with Crippen LogP contribution in [0.3, 0.4) is 0 Å². The van der Waals surface area contributed by atoms with Crippen molar-refractivity contribution in [2.45, 2.75) is 13.8 Å². The van der Waals surface area contributed by atoms with Gasteiger partial charge in [-0.15, -0.1) is 0 Å². The van der Waals surface area contributed by atoms with E-state index in [2.05, 4.69) is 21.0 Å². The third-order valence-corrected chi connectivity index (χ3v) is 4.11. The van der Waals surface area contributed by atoms with Crippen molar-refractivity contribution in [3.8, 4) is 11.3 Å². The maximum atomic E-state index is 11.8. The highest BCUT2D eigenvalue weighted by Crippen LogP contribution is 2.31. The molecular weight excluding hydrogens is 274 g/mol. The molecule has 4 heteroatoms. The van der Waals surface area contributed by atoms with Gasteiger partial charge in [-0.2, -0.15) is 0 Å². The zero-order valence-corrected chi connectivity index (χ0v) is 12.4. The number of pyridine rings is 1. The van der Waals surface area contributed by atoms with Crippen LogP contribution in [-0.2, 0) is 0 Å². The summed E-state index contributed by atoms with van der Waals surface area (Å²) in [5.74, 6) is 0.0350. The number of nitrogens with one attached hydrogen (secondary N) is 2. The van der Waals surface area contributed by atoms with Crippen LogP contribution in [0.1, 0.15) is 22.8 Å². The minimum atomic E-state index is 0.0350. The van der Waals surface area contributed by atoms with E-state index < -0.39 is 0 Å². The molecule has 0 aliphatic heterocycles. The Labute approximate surface area is 127 Å². The molecule has 3 heterocycles. The molecule has 108 valence electrons. The quantitative estimate of drug-likeness (QED) is 0.543. The average Bonchev–Trinajstić information content (AvgIpc) is 3.12. The van der Waals surface area contributed by atoms with Crippen molar-refractivity contribution in [3.63, 3.8) is 0 Å². The molecule has 0 spiro atoms. The summed E-state index contributed by atoms with van der Waals surface area (Å²) in [7, 11) is 0. The lowest BCUT2D eigenvalue weighted by atomic mass is 10.0. The number of hydrogen-bond donors (Lipinski definition) is 2. The minimum Gasteiger partial charge on any atom is -0.361 e. The number of rotatable bonds is 2. The Morgan fingerprint density at radius 3 is 2.86 bits per heavy atom. The van der Waals surface area contributed by atoms with Gasteiger partial charge in [0.1, 0.15) is 0 Å². The van der Waals surface area contributed by atoms with Crippen molar-refractivity contribution in [3.05, 3.63) is 54.0 Å². The maximum Gasteiger partial charge on any atom is 0.162 e. The summed E-state index contributed by atoms with van der Waals surface area (Å²) >= 11 is 0. The number of nitrogens with zero attached hydrogens (tertiary/aromatic N) is 1. The number of benzene rings is 1. The van der Waals surface area contributed by atoms with Gasteiger partial charge in [0.2, 0.25) is 0 Å². The fourth-order valence-corrected chi connectivity index (χ4v) is 3.00. The number of ketones is 1. The van der Waals surface area contributed by atoms with Crippen LogP contribution >= 0.6 is 0 Å². The maximum absolute atomic E-state index is 11.8. The van der Waals surface area contributed by atoms with E-state index in [4.69, 9.17) is 0 Å². The van der Waals surface area contributed by atoms with E-state index in [1.807, 2.05) is 37.5 Å². The van der Waals surface area contributed by atoms with Gasteiger partial charge < -0.3 is 9.97 Å². The van der Waals surface area contributed by atoms with Crippen LogP contribution in [0.2, 0.25) is 0 Å². The Kier molecular flexibility index (Phi) is 2.66. The lowest BCUT2D eigenvalue weighted by molar-refractivity contribution is 0.101. The van der Waals surface area contributed by atoms with E-state index in [0.717, 1.165) is 38.6 Å². The molecule has 0 amide bonds. The molecule has 0 unspecified atom stereocenters. The Morgan fingerprint density at radius 1 is 1.18 bits per heavy atom. The summed E-state index contributed by atoms with van der Waals surface area (Å²) in [5, 5.41) is 2.11. The summed E-state index contributed by atoms with van der Waals surface area (Å²) in [6.45, 7) is 3.58. The highest BCUT2D eigenvalue weighted by Gasteiger charge is 2.15. The predicted octanol–water partition coefficient (Wildman–Crippen LogP) is 4.22. The number of H-pyrrole nitrogens is 2. The van der Waals surface area contributed by atoms with E-state index >= 15 is 0 Å². The van der Waals surface area contributed by atoms with E-state index in [1.165, 1.54) is 0 Å². The number of aryl methyl sites for hydroxylation is 1. The first-order valence-electron chi connectivity index (χ1n) is 7.20. The van der Waals surface area contributed by atoms with Gasteiger partial charge in [-0.25, -0.2) is 0 Å². The van der Waals surface area contributed by atoms with Gasteiger partial charge in [0.15, 0.2) is 5.78 Å². The van der Waals surface area contributed by atoms with E-state index in [9.17, 15) is 4.79 Å². The fraction of sp³-hybridized carbons (Fsp3) is 0.111. The first-order valence-corrected chi connectivity index (χ1v) is 7.20. The molecule has 3 aromatic heterocycles. The van der Waals surface area contributed by atoms with Gasteiger partial charge in [-0.05, 0) is 37.6 Å². The summed E-state index contributed by atoms with van der Waals surface area (Å²) in [6.07, 6.45) is 5.54. The van der Waals surface area contributed by atoms with Crippen LogP contribution in [-0.4, -0.2) is 20.7 Å². The normalized spacial score (nSPS) is 11.4. The van der Waals surface area contributed by atoms with Crippen LogP contribution in [0.15, 0.2) is 42.9 Å². The summed E-state index contributed by atoms with van der Waals surface area (Å²) in [4.78, 5) is 22.8. The largest absolute Gasteiger partial charge is 0.361 e. The summed E-state index contributed by atoms with van der Waals surface area (Å²) in [5.41, 5.74) is 5.65. The van der Waals surface area contributed by atoms with Crippen molar-refractivity contribution in [1.29, 1.82) is 0 Å². The standard InChI is InChI=1S/C18H15N3O/c1-10-8-20-18-16(10)14(11(2)22)9-21-17(18)13-3-4-15-12(7-13)5-6-19-15/h3-9,19-20H,1-2H3. The number of aromatic nitrogens is 3. The van der Waals surface area contributed by atoms with Crippen molar-refractivity contribution < 1.29 is 4.79 Å². The van der Waals surface area contributed by atoms with E-state index in [0.29, 0.717) is 5.56 Å². The van der Waals surface area contributed by atoms with Crippen LogP contribution < -0.4 is 0 Å². The smallest absolute Gasteiger partial charge is 0.162 e. The van der Waals surface area contributed by atoms with Crippen LogP contribution in [0.25, 0.3) is 33.1 Å². The van der Waals surface area contributed by atoms with Crippen molar-refractivity contribution in [1.82, 2.24) is 15.0 Å². The van der Waals surface area contributed by atoms with Gasteiger partial charge in [0, 0.05) is 46.0 Å². The lowest BCUT2D eigenvalue weighted by Gasteiger charge is -2.07. The predicted molar refractivity (Wildman–Crippen MR) is 88.1 cm³/mol. The number of fused-ring (bicyclic) bond motifs is 2. The number of Topliss-reactive ketones (excluding diaryl/α,β-unsaturated/α-hetero) is 1. The average molecular weight is 289 g/mol. The van der Waals surface area contributed by atoms with Crippen molar-refractivity contribution in [2.75, 3.05) is 0 Å². The Bertz CT molecular complexity index is 1020. The monoisotopic (exact) mass is 289 g/mol. The topological polar surface area (TPSA) is 61.5 Å². The zero-order chi connectivity index (χ0) is 15.3. The molecule has 1 aromatic carbocycles. The fourth-order valence-electron chi connectivity index (χ4n) is 3.00. The summed E-state index contributed by atoms with van der Waals surface area (Å²) < 4.78 is 0. The molecule has 0 atom stereocenters. The SMILES string of the molecule is CC(=O)c1cnc(-c2ccc3[nH]ccc3c2)c2[nH]cc(C)c12. The number of carbonyl (C=O) groups is 1. The second kappa shape index (κ2) is 4.56. The second-order valence-electron chi connectivity index (χ2n) is 5.58. The molecule has 0 fully saturated rings. The van der Waals surface area contributed by atoms with E-state index in [-0.39, 0.29) is 5.78 Å². The highest BCUT2D eigenvalue weighted by atomic mass is 16.1. The Morgan fingerprint density at radius 2 is 2.05 bits per heavy atom. The first kappa shape index (κ1) is 12.8. The molecule has 22 heavy (non-hydrogen) atoms. The molecule has 2 N–H and O–H groups in total. The molecule has 4 nitrogen and oxygen atoms in total. The zero-order valence-electron chi connectivity index (χ0n) is 12.4. The molecule has 0 aliphatic rings. The molecule has 0 aliphatic carbocycles. The highest BCUT2D eigenvalue weighted by molar-refractivity contribution is 6.10. The van der Waals surface area contributed by atoms with Gasteiger partial charge in [-0.3, -0.25) is 9.78 Å². The van der Waals surface area contributed by atoms with Gasteiger partial charge in [0.05, 0.1) is 11.2 Å². The Balaban J connectivity index is 2.03. The third kappa shape index (κ3) is 1.77. The molecule has 4 aromatic rings. The molecule has 0 radical (unpaired) electrons. The molecule has 0 saturated carbocycles. The molecular formula is C18H15N3O. The van der Waals surface area contributed by atoms with Crippen LogP contribution in [0.5, 0.6) is 0 Å². The number of hydrogen-bond acceptors (Lipinski definition) is 2. The first-order chi connectivity index (χ1) is 10.6. The third-order valence-electron chi connectivity index (χ3n) is 4.11. The minimum absolute atomic E-state index is 0.0350. The number of carbonyl (C=O) groups excluding carboxylic acids is 1. The number of aromatic amines is 2. The lowest BCUT2D eigenvalue weighted by Crippen LogP contribution is -1.97. The molecule has 4 rings (SSSR count). The molecule has 0 bridgehead atoms. The van der Waals surface area contributed by atoms with Crippen molar-refractivity contribution >= 4 is 27.6 Å². The van der Waals surface area contributed by atoms with Gasteiger partial charge in [0.25, 0.3) is 0 Å². The Hall–Kier alpha value is -2.88. The van der Waals surface area contributed by atoms with Gasteiger partial charge in [-0.1, -0.05) is 6.07 Å². The van der Waals surface area contributed by atoms with Crippen molar-refractivity contribution in [2.24, 2.45) is 0 Å². The van der Waals surface area contributed by atoms with E-state index in [1.54, 1.807) is 13.1 Å². The second-order valence-corrected chi connectivity index (χ2v) is 5.58. The van der Waals surface area contributed by atoms with Crippen LogP contribution in [0, 0.1) is 6.92 Å². The van der Waals surface area contributed by atoms with Crippen LogP contribution in [0.4, 0.5) is 0 Å². The van der Waals surface area contributed by atoms with Gasteiger partial charge >= 0.3 is 0 Å².